The lowest BCUT2D eigenvalue weighted by Crippen LogP contribution is -2.37. The Labute approximate surface area is 119 Å². The molecule has 0 saturated heterocycles. The predicted octanol–water partition coefficient (Wildman–Crippen LogP) is 2.48. The normalized spacial score (nSPS) is 17.0. The van der Waals surface area contributed by atoms with Crippen LogP contribution in [0.1, 0.15) is 44.4 Å². The van der Waals surface area contributed by atoms with Crippen LogP contribution in [-0.4, -0.2) is 22.8 Å². The minimum Gasteiger partial charge on any atom is -0.354 e. The van der Waals surface area contributed by atoms with E-state index < -0.39 is 0 Å². The van der Waals surface area contributed by atoms with E-state index in [-0.39, 0.29) is 30.3 Å². The Kier molecular flexibility index (Phi) is 4.23. The van der Waals surface area contributed by atoms with Gasteiger partial charge < -0.3 is 10.2 Å². The zero-order chi connectivity index (χ0) is 14.7. The standard InChI is InChI=1S/C16H20N2O2/c1-11(2)17-16(20)10-15-14-7-5-4-6-13(14)8-9-18(15)12(3)19/h4-9,11,15H,10H2,1-3H3,(H,17,20). The third kappa shape index (κ3) is 3.07. The van der Waals surface area contributed by atoms with Gasteiger partial charge in [0.15, 0.2) is 0 Å². The van der Waals surface area contributed by atoms with Gasteiger partial charge in [-0.05, 0) is 31.1 Å². The first-order chi connectivity index (χ1) is 9.49. The van der Waals surface area contributed by atoms with Gasteiger partial charge in [-0.1, -0.05) is 24.3 Å². The molecule has 20 heavy (non-hydrogen) atoms. The zero-order valence-corrected chi connectivity index (χ0v) is 12.1. The molecule has 0 saturated carbocycles. The van der Waals surface area contributed by atoms with Gasteiger partial charge in [0.1, 0.15) is 0 Å². The summed E-state index contributed by atoms with van der Waals surface area (Å²) in [5.74, 6) is -0.0977. The van der Waals surface area contributed by atoms with Crippen LogP contribution in [0.3, 0.4) is 0 Å². The number of fused-ring (bicyclic) bond motifs is 1. The van der Waals surface area contributed by atoms with Crippen LogP contribution >= 0.6 is 0 Å². The predicted molar refractivity (Wildman–Crippen MR) is 78.6 cm³/mol. The Morgan fingerprint density at radius 2 is 2.00 bits per heavy atom. The van der Waals surface area contributed by atoms with Crippen molar-refractivity contribution in [3.63, 3.8) is 0 Å². The first kappa shape index (κ1) is 14.3. The topological polar surface area (TPSA) is 49.4 Å². The second-order valence-corrected chi connectivity index (χ2v) is 5.31. The lowest BCUT2D eigenvalue weighted by Gasteiger charge is -2.32. The van der Waals surface area contributed by atoms with Crippen molar-refractivity contribution < 1.29 is 9.59 Å². The van der Waals surface area contributed by atoms with Crippen LogP contribution in [0.4, 0.5) is 0 Å². The van der Waals surface area contributed by atoms with E-state index in [1.54, 1.807) is 11.1 Å². The molecule has 0 aliphatic carbocycles. The smallest absolute Gasteiger partial charge is 0.223 e. The van der Waals surface area contributed by atoms with Crippen LogP contribution in [0.25, 0.3) is 6.08 Å². The molecular formula is C16H20N2O2. The van der Waals surface area contributed by atoms with Crippen molar-refractivity contribution >= 4 is 17.9 Å². The highest BCUT2D eigenvalue weighted by atomic mass is 16.2. The highest BCUT2D eigenvalue weighted by molar-refractivity contribution is 5.81. The number of benzene rings is 1. The Hall–Kier alpha value is -2.10. The maximum atomic E-state index is 12.0. The molecule has 0 bridgehead atoms. The monoisotopic (exact) mass is 272 g/mol. The number of hydrogen-bond acceptors (Lipinski definition) is 2. The van der Waals surface area contributed by atoms with Crippen molar-refractivity contribution in [2.45, 2.75) is 39.3 Å². The van der Waals surface area contributed by atoms with E-state index in [4.69, 9.17) is 0 Å². The molecule has 0 aromatic heterocycles. The molecule has 0 spiro atoms. The molecule has 1 aliphatic rings. The number of carbonyl (C=O) groups is 2. The van der Waals surface area contributed by atoms with E-state index in [0.717, 1.165) is 11.1 Å². The zero-order valence-electron chi connectivity index (χ0n) is 12.1. The maximum Gasteiger partial charge on any atom is 0.223 e. The summed E-state index contributed by atoms with van der Waals surface area (Å²) in [5, 5.41) is 2.88. The highest BCUT2D eigenvalue weighted by Gasteiger charge is 2.28. The number of amides is 2. The van der Waals surface area contributed by atoms with E-state index >= 15 is 0 Å². The van der Waals surface area contributed by atoms with Crippen LogP contribution in [0.2, 0.25) is 0 Å². The summed E-state index contributed by atoms with van der Waals surface area (Å²) >= 11 is 0. The summed E-state index contributed by atoms with van der Waals surface area (Å²) in [7, 11) is 0. The Bertz CT molecular complexity index is 549. The van der Waals surface area contributed by atoms with Crippen molar-refractivity contribution in [3.8, 4) is 0 Å². The lowest BCUT2D eigenvalue weighted by atomic mass is 9.93. The molecule has 1 heterocycles. The molecule has 4 heteroatoms. The molecule has 1 aliphatic heterocycles. The van der Waals surface area contributed by atoms with Gasteiger partial charge in [0.2, 0.25) is 11.8 Å². The molecule has 2 amide bonds. The van der Waals surface area contributed by atoms with Gasteiger partial charge in [0.05, 0.1) is 12.5 Å². The van der Waals surface area contributed by atoms with Crippen LogP contribution < -0.4 is 5.32 Å². The third-order valence-corrected chi connectivity index (χ3v) is 3.30. The fraction of sp³-hybridized carbons (Fsp3) is 0.375. The van der Waals surface area contributed by atoms with E-state index in [1.165, 1.54) is 6.92 Å². The lowest BCUT2D eigenvalue weighted by molar-refractivity contribution is -0.130. The first-order valence-electron chi connectivity index (χ1n) is 6.84. The minimum absolute atomic E-state index is 0.0404. The quantitative estimate of drug-likeness (QED) is 0.919. The molecule has 2 rings (SSSR count). The van der Waals surface area contributed by atoms with Crippen LogP contribution in [-0.2, 0) is 9.59 Å². The molecule has 1 atom stereocenters. The van der Waals surface area contributed by atoms with Crippen LogP contribution in [0.15, 0.2) is 30.5 Å². The summed E-state index contributed by atoms with van der Waals surface area (Å²) < 4.78 is 0. The Balaban J connectivity index is 2.28. The SMILES string of the molecule is CC(=O)N1C=Cc2ccccc2C1CC(=O)NC(C)C. The summed E-state index contributed by atoms with van der Waals surface area (Å²) in [6.07, 6.45) is 3.95. The average Bonchev–Trinajstić information content (AvgIpc) is 2.37. The molecular weight excluding hydrogens is 252 g/mol. The number of nitrogens with one attached hydrogen (secondary N) is 1. The van der Waals surface area contributed by atoms with Gasteiger partial charge in [0.25, 0.3) is 0 Å². The number of hydrogen-bond donors (Lipinski definition) is 1. The summed E-state index contributed by atoms with van der Waals surface area (Å²) in [6, 6.07) is 7.73. The molecule has 4 nitrogen and oxygen atoms in total. The second-order valence-electron chi connectivity index (χ2n) is 5.31. The van der Waals surface area contributed by atoms with E-state index in [2.05, 4.69) is 5.32 Å². The van der Waals surface area contributed by atoms with Crippen molar-refractivity contribution in [2.24, 2.45) is 0 Å². The molecule has 0 radical (unpaired) electrons. The van der Waals surface area contributed by atoms with E-state index in [1.807, 2.05) is 44.2 Å². The third-order valence-electron chi connectivity index (χ3n) is 3.30. The van der Waals surface area contributed by atoms with Crippen molar-refractivity contribution in [3.05, 3.63) is 41.6 Å². The summed E-state index contributed by atoms with van der Waals surface area (Å²) in [4.78, 5) is 25.4. The summed E-state index contributed by atoms with van der Waals surface area (Å²) in [5.41, 5.74) is 2.08. The van der Waals surface area contributed by atoms with Crippen LogP contribution in [0, 0.1) is 0 Å². The average molecular weight is 272 g/mol. The van der Waals surface area contributed by atoms with Gasteiger partial charge >= 0.3 is 0 Å². The van der Waals surface area contributed by atoms with Crippen molar-refractivity contribution in [2.75, 3.05) is 0 Å². The van der Waals surface area contributed by atoms with Crippen LogP contribution in [0.5, 0.6) is 0 Å². The van der Waals surface area contributed by atoms with Gasteiger partial charge in [0, 0.05) is 19.2 Å². The molecule has 1 aromatic carbocycles. The largest absolute Gasteiger partial charge is 0.354 e. The Morgan fingerprint density at radius 1 is 1.30 bits per heavy atom. The number of nitrogens with zero attached hydrogens (tertiary/aromatic N) is 1. The Morgan fingerprint density at radius 3 is 2.65 bits per heavy atom. The number of carbonyl (C=O) groups excluding carboxylic acids is 2. The molecule has 1 aromatic rings. The summed E-state index contributed by atoms with van der Waals surface area (Å²) in [6.45, 7) is 5.37. The molecule has 1 unspecified atom stereocenters. The second kappa shape index (κ2) is 5.90. The van der Waals surface area contributed by atoms with Gasteiger partial charge in [-0.2, -0.15) is 0 Å². The highest BCUT2D eigenvalue weighted by Crippen LogP contribution is 2.32. The van der Waals surface area contributed by atoms with Crippen molar-refractivity contribution in [1.82, 2.24) is 10.2 Å². The minimum atomic E-state index is -0.229. The fourth-order valence-corrected chi connectivity index (χ4v) is 2.47. The van der Waals surface area contributed by atoms with Gasteiger partial charge in [-0.25, -0.2) is 0 Å². The first-order valence-corrected chi connectivity index (χ1v) is 6.84. The number of rotatable bonds is 3. The molecule has 1 N–H and O–H groups in total. The molecule has 106 valence electrons. The maximum absolute atomic E-state index is 12.0. The molecule has 0 fully saturated rings. The van der Waals surface area contributed by atoms with E-state index in [9.17, 15) is 9.59 Å². The van der Waals surface area contributed by atoms with E-state index in [0.29, 0.717) is 0 Å². The fourth-order valence-electron chi connectivity index (χ4n) is 2.47. The van der Waals surface area contributed by atoms with Gasteiger partial charge in [-0.15, -0.1) is 0 Å². The van der Waals surface area contributed by atoms with Gasteiger partial charge in [-0.3, -0.25) is 9.59 Å². The van der Waals surface area contributed by atoms with Crippen molar-refractivity contribution in [1.29, 1.82) is 0 Å².